The first kappa shape index (κ1) is 13.7. The minimum Gasteiger partial charge on any atom is -0.477 e. The predicted octanol–water partition coefficient (Wildman–Crippen LogP) is 3.05. The van der Waals surface area contributed by atoms with Gasteiger partial charge in [0, 0.05) is 18.9 Å². The van der Waals surface area contributed by atoms with E-state index >= 15 is 0 Å². The van der Waals surface area contributed by atoms with Gasteiger partial charge in [-0.05, 0) is 24.3 Å². The summed E-state index contributed by atoms with van der Waals surface area (Å²) in [5.74, 6) is -1.31. The zero-order chi connectivity index (χ0) is 15.0. The zero-order valence-electron chi connectivity index (χ0n) is 11.0. The molecule has 5 nitrogen and oxygen atoms in total. The van der Waals surface area contributed by atoms with Crippen LogP contribution in [0.3, 0.4) is 0 Å². The number of imidazole rings is 1. The van der Waals surface area contributed by atoms with Crippen molar-refractivity contribution in [2.45, 2.75) is 6.61 Å². The first-order valence-electron chi connectivity index (χ1n) is 6.09. The number of thiazole rings is 1. The lowest BCUT2D eigenvalue weighted by molar-refractivity contribution is 0.0696. The molecule has 3 rings (SSSR count). The number of methoxy groups -OCH3 is 1. The van der Waals surface area contributed by atoms with Crippen LogP contribution in [0.4, 0.5) is 4.39 Å². The molecular weight excluding hydrogens is 295 g/mol. The van der Waals surface area contributed by atoms with Crippen molar-refractivity contribution in [3.05, 3.63) is 46.9 Å². The SMILES string of the molecule is COCc1c(C(=O)O)sc2nc(-c3ccc(F)cc3)cn12. The lowest BCUT2D eigenvalue weighted by atomic mass is 10.2. The van der Waals surface area contributed by atoms with E-state index in [0.29, 0.717) is 16.3 Å². The highest BCUT2D eigenvalue weighted by Gasteiger charge is 2.20. The fraction of sp³-hybridized carbons (Fsp3) is 0.143. The van der Waals surface area contributed by atoms with Gasteiger partial charge in [-0.15, -0.1) is 0 Å². The van der Waals surface area contributed by atoms with E-state index in [1.807, 2.05) is 0 Å². The first-order chi connectivity index (χ1) is 10.1. The van der Waals surface area contributed by atoms with Gasteiger partial charge in [-0.25, -0.2) is 14.2 Å². The smallest absolute Gasteiger partial charge is 0.347 e. The molecule has 1 N–H and O–H groups in total. The van der Waals surface area contributed by atoms with Gasteiger partial charge in [0.25, 0.3) is 0 Å². The Bertz CT molecular complexity index is 808. The molecule has 0 aliphatic rings. The molecule has 2 aromatic heterocycles. The normalized spacial score (nSPS) is 11.1. The van der Waals surface area contributed by atoms with Crippen LogP contribution in [-0.2, 0) is 11.3 Å². The number of halogens is 1. The monoisotopic (exact) mass is 306 g/mol. The number of carboxylic acid groups (broad SMARTS) is 1. The van der Waals surface area contributed by atoms with Crippen molar-refractivity contribution in [3.63, 3.8) is 0 Å². The van der Waals surface area contributed by atoms with E-state index in [2.05, 4.69) is 4.98 Å². The van der Waals surface area contributed by atoms with Gasteiger partial charge in [-0.2, -0.15) is 0 Å². The summed E-state index contributed by atoms with van der Waals surface area (Å²) in [6.07, 6.45) is 1.74. The predicted molar refractivity (Wildman–Crippen MR) is 76.1 cm³/mol. The van der Waals surface area contributed by atoms with Crippen LogP contribution in [0.1, 0.15) is 15.4 Å². The van der Waals surface area contributed by atoms with Crippen molar-refractivity contribution >= 4 is 22.3 Å². The molecule has 1 aromatic carbocycles. The van der Waals surface area contributed by atoms with Crippen molar-refractivity contribution in [1.82, 2.24) is 9.38 Å². The van der Waals surface area contributed by atoms with Crippen molar-refractivity contribution < 1.29 is 19.0 Å². The molecule has 3 aromatic rings. The van der Waals surface area contributed by atoms with E-state index in [-0.39, 0.29) is 17.3 Å². The molecule has 108 valence electrons. The number of aromatic carboxylic acids is 1. The second-order valence-electron chi connectivity index (χ2n) is 4.40. The third kappa shape index (κ3) is 2.41. The van der Waals surface area contributed by atoms with E-state index in [0.717, 1.165) is 16.9 Å². The van der Waals surface area contributed by atoms with Gasteiger partial charge in [-0.3, -0.25) is 4.40 Å². The van der Waals surface area contributed by atoms with E-state index < -0.39 is 5.97 Å². The Balaban J connectivity index is 2.12. The molecule has 0 bridgehead atoms. The molecule has 0 fully saturated rings. The van der Waals surface area contributed by atoms with Crippen molar-refractivity contribution in [2.24, 2.45) is 0 Å². The maximum absolute atomic E-state index is 12.9. The summed E-state index contributed by atoms with van der Waals surface area (Å²) in [4.78, 5) is 16.4. The highest BCUT2D eigenvalue weighted by atomic mass is 32.1. The zero-order valence-corrected chi connectivity index (χ0v) is 11.9. The lowest BCUT2D eigenvalue weighted by Crippen LogP contribution is -2.02. The van der Waals surface area contributed by atoms with Crippen molar-refractivity contribution in [3.8, 4) is 11.3 Å². The summed E-state index contributed by atoms with van der Waals surface area (Å²) in [5, 5.41) is 9.20. The molecule has 0 saturated heterocycles. The number of carboxylic acids is 1. The van der Waals surface area contributed by atoms with Crippen LogP contribution in [0.2, 0.25) is 0 Å². The Labute approximate surface area is 123 Å². The average molecular weight is 306 g/mol. The number of carbonyl (C=O) groups is 1. The number of fused-ring (bicyclic) bond motifs is 1. The molecule has 0 aliphatic heterocycles. The molecule has 0 spiro atoms. The van der Waals surface area contributed by atoms with E-state index in [4.69, 9.17) is 4.74 Å². The Morgan fingerprint density at radius 2 is 2.14 bits per heavy atom. The number of hydrogen-bond donors (Lipinski definition) is 1. The summed E-state index contributed by atoms with van der Waals surface area (Å²) >= 11 is 1.09. The number of aromatic nitrogens is 2. The molecule has 0 amide bonds. The van der Waals surface area contributed by atoms with Gasteiger partial charge in [-0.1, -0.05) is 11.3 Å². The molecular formula is C14H11FN2O3S. The summed E-state index contributed by atoms with van der Waals surface area (Å²) in [5.41, 5.74) is 1.98. The first-order valence-corrected chi connectivity index (χ1v) is 6.90. The van der Waals surface area contributed by atoms with Crippen LogP contribution in [0, 0.1) is 5.82 Å². The van der Waals surface area contributed by atoms with Crippen LogP contribution in [0.15, 0.2) is 30.5 Å². The number of benzene rings is 1. The number of nitrogens with zero attached hydrogens (tertiary/aromatic N) is 2. The molecule has 0 unspecified atom stereocenters. The Kier molecular flexibility index (Phi) is 3.44. The molecule has 21 heavy (non-hydrogen) atoms. The van der Waals surface area contributed by atoms with Crippen molar-refractivity contribution in [1.29, 1.82) is 0 Å². The van der Waals surface area contributed by atoms with Crippen LogP contribution >= 0.6 is 11.3 Å². The molecule has 0 aliphatic carbocycles. The third-order valence-corrected chi connectivity index (χ3v) is 4.12. The van der Waals surface area contributed by atoms with Gasteiger partial charge in [0.15, 0.2) is 4.96 Å². The Morgan fingerprint density at radius 1 is 1.43 bits per heavy atom. The van der Waals surface area contributed by atoms with Crippen LogP contribution in [0.5, 0.6) is 0 Å². The third-order valence-electron chi connectivity index (χ3n) is 3.04. The average Bonchev–Trinajstić information content (AvgIpc) is 2.99. The molecule has 0 saturated carbocycles. The Hall–Kier alpha value is -2.25. The number of rotatable bonds is 4. The van der Waals surface area contributed by atoms with Crippen LogP contribution in [0.25, 0.3) is 16.2 Å². The lowest BCUT2D eigenvalue weighted by Gasteiger charge is -2.00. The maximum atomic E-state index is 12.9. The number of ether oxygens (including phenoxy) is 1. The quantitative estimate of drug-likeness (QED) is 0.804. The molecule has 0 radical (unpaired) electrons. The van der Waals surface area contributed by atoms with Crippen LogP contribution in [-0.4, -0.2) is 27.6 Å². The van der Waals surface area contributed by atoms with E-state index in [1.54, 1.807) is 22.7 Å². The van der Waals surface area contributed by atoms with Crippen LogP contribution < -0.4 is 0 Å². The highest BCUT2D eigenvalue weighted by Crippen LogP contribution is 2.28. The minimum absolute atomic E-state index is 0.181. The molecule has 0 atom stereocenters. The Morgan fingerprint density at radius 3 is 2.76 bits per heavy atom. The molecule has 7 heteroatoms. The standard InChI is InChI=1S/C14H11FN2O3S/c1-20-7-11-12(13(18)19)21-14-16-10(6-17(11)14)8-2-4-9(15)5-3-8/h2-6H,7H2,1H3,(H,18,19). The molecule has 2 heterocycles. The van der Waals surface area contributed by atoms with Gasteiger partial charge in [0.1, 0.15) is 10.7 Å². The second-order valence-corrected chi connectivity index (χ2v) is 5.38. The second kappa shape index (κ2) is 5.27. The van der Waals surface area contributed by atoms with Gasteiger partial charge in [0.2, 0.25) is 0 Å². The number of hydrogen-bond acceptors (Lipinski definition) is 4. The van der Waals surface area contributed by atoms with Crippen molar-refractivity contribution in [2.75, 3.05) is 7.11 Å². The topological polar surface area (TPSA) is 63.8 Å². The summed E-state index contributed by atoms with van der Waals surface area (Å²) in [7, 11) is 1.51. The van der Waals surface area contributed by atoms with E-state index in [9.17, 15) is 14.3 Å². The van der Waals surface area contributed by atoms with E-state index in [1.165, 1.54) is 19.2 Å². The fourth-order valence-electron chi connectivity index (χ4n) is 2.09. The largest absolute Gasteiger partial charge is 0.477 e. The summed E-state index contributed by atoms with van der Waals surface area (Å²) in [6, 6.07) is 5.99. The summed E-state index contributed by atoms with van der Waals surface area (Å²) in [6.45, 7) is 0.181. The highest BCUT2D eigenvalue weighted by molar-refractivity contribution is 7.19. The minimum atomic E-state index is -0.999. The van der Waals surface area contributed by atoms with Gasteiger partial charge < -0.3 is 9.84 Å². The summed E-state index contributed by atoms with van der Waals surface area (Å²) < 4.78 is 19.7. The van der Waals surface area contributed by atoms with Gasteiger partial charge >= 0.3 is 5.97 Å². The fourth-order valence-corrected chi connectivity index (χ4v) is 3.04. The van der Waals surface area contributed by atoms with Gasteiger partial charge in [0.05, 0.1) is 18.0 Å². The maximum Gasteiger partial charge on any atom is 0.347 e.